The Labute approximate surface area is 192 Å². The van der Waals surface area contributed by atoms with Crippen LogP contribution < -0.4 is 5.01 Å². The van der Waals surface area contributed by atoms with Crippen LogP contribution in [-0.2, 0) is 11.3 Å². The van der Waals surface area contributed by atoms with Crippen molar-refractivity contribution in [1.29, 1.82) is 0 Å². The molecule has 6 heteroatoms. The van der Waals surface area contributed by atoms with E-state index < -0.39 is 5.97 Å². The number of aromatic nitrogens is 2. The maximum absolute atomic E-state index is 11.2. The van der Waals surface area contributed by atoms with Crippen LogP contribution in [0.3, 0.4) is 0 Å². The molecular weight excluding hydrogens is 412 g/mol. The van der Waals surface area contributed by atoms with Crippen molar-refractivity contribution in [3.63, 3.8) is 0 Å². The second-order valence-corrected chi connectivity index (χ2v) is 8.02. The van der Waals surface area contributed by atoms with Gasteiger partial charge < -0.3 is 5.11 Å². The standard InChI is InChI=1S/C27H24N4O2/c32-26(33)16-17-30-19-23(27(29-30)21-12-6-2-7-13-21)25-18-24(20-10-4-1-5-11-20)28-31(25)22-14-8-3-9-15-22/h1-15,19,25H,16-18H2,(H,32,33)/t25-/m0/s1. The zero-order chi connectivity index (χ0) is 22.6. The van der Waals surface area contributed by atoms with Gasteiger partial charge in [0.25, 0.3) is 0 Å². The Morgan fingerprint density at radius 3 is 2.12 bits per heavy atom. The molecule has 6 nitrogen and oxygen atoms in total. The third-order valence-corrected chi connectivity index (χ3v) is 5.79. The summed E-state index contributed by atoms with van der Waals surface area (Å²) in [5.74, 6) is -0.838. The average molecular weight is 437 g/mol. The fourth-order valence-corrected chi connectivity index (χ4v) is 4.20. The number of para-hydroxylation sites is 1. The van der Waals surface area contributed by atoms with Gasteiger partial charge in [-0.15, -0.1) is 0 Å². The SMILES string of the molecule is O=C(O)CCn1cc([C@@H]2CC(c3ccccc3)=NN2c2ccccc2)c(-c2ccccc2)n1. The lowest BCUT2D eigenvalue weighted by atomic mass is 9.96. The predicted molar refractivity (Wildman–Crippen MR) is 129 cm³/mol. The first kappa shape index (κ1) is 20.7. The lowest BCUT2D eigenvalue weighted by Crippen LogP contribution is -2.18. The van der Waals surface area contributed by atoms with E-state index in [2.05, 4.69) is 29.3 Å². The monoisotopic (exact) mass is 436 g/mol. The van der Waals surface area contributed by atoms with E-state index in [1.807, 2.05) is 72.9 Å². The first-order chi connectivity index (χ1) is 16.2. The second kappa shape index (κ2) is 9.12. The van der Waals surface area contributed by atoms with Gasteiger partial charge >= 0.3 is 5.97 Å². The summed E-state index contributed by atoms with van der Waals surface area (Å²) < 4.78 is 1.75. The molecule has 0 saturated heterocycles. The number of anilines is 1. The molecule has 3 aromatic carbocycles. The molecule has 2 heterocycles. The Balaban J connectivity index is 1.59. The Kier molecular flexibility index (Phi) is 5.72. The van der Waals surface area contributed by atoms with Crippen LogP contribution in [0.2, 0.25) is 0 Å². The minimum absolute atomic E-state index is 0.0220. The molecule has 4 aromatic rings. The predicted octanol–water partition coefficient (Wildman–Crippen LogP) is 5.38. The lowest BCUT2D eigenvalue weighted by Gasteiger charge is -2.23. The molecule has 164 valence electrons. The number of hydrazone groups is 1. The van der Waals surface area contributed by atoms with Crippen molar-refractivity contribution >= 4 is 17.4 Å². The van der Waals surface area contributed by atoms with Crippen molar-refractivity contribution in [1.82, 2.24) is 9.78 Å². The van der Waals surface area contributed by atoms with Crippen LogP contribution in [-0.4, -0.2) is 26.6 Å². The molecule has 0 unspecified atom stereocenters. The highest BCUT2D eigenvalue weighted by atomic mass is 16.4. The first-order valence-electron chi connectivity index (χ1n) is 11.0. The Hall–Kier alpha value is -4.19. The maximum Gasteiger partial charge on any atom is 0.305 e. The summed E-state index contributed by atoms with van der Waals surface area (Å²) in [7, 11) is 0. The van der Waals surface area contributed by atoms with Gasteiger partial charge in [-0.3, -0.25) is 14.5 Å². The van der Waals surface area contributed by atoms with Crippen molar-refractivity contribution in [3.8, 4) is 11.3 Å². The molecule has 1 aliphatic rings. The van der Waals surface area contributed by atoms with Gasteiger partial charge in [0.2, 0.25) is 0 Å². The molecule has 0 spiro atoms. The van der Waals surface area contributed by atoms with E-state index >= 15 is 0 Å². The minimum Gasteiger partial charge on any atom is -0.481 e. The maximum atomic E-state index is 11.2. The number of aryl methyl sites for hydroxylation is 1. The van der Waals surface area contributed by atoms with Crippen molar-refractivity contribution in [3.05, 3.63) is 108 Å². The third kappa shape index (κ3) is 4.41. The zero-order valence-corrected chi connectivity index (χ0v) is 18.1. The number of carboxylic acids is 1. The van der Waals surface area contributed by atoms with Crippen LogP contribution in [0, 0.1) is 0 Å². The van der Waals surface area contributed by atoms with Gasteiger partial charge in [-0.05, 0) is 17.7 Å². The zero-order valence-electron chi connectivity index (χ0n) is 18.1. The van der Waals surface area contributed by atoms with Crippen molar-refractivity contribution in [2.75, 3.05) is 5.01 Å². The molecule has 1 N–H and O–H groups in total. The highest BCUT2D eigenvalue weighted by Gasteiger charge is 2.33. The molecule has 0 aliphatic carbocycles. The highest BCUT2D eigenvalue weighted by Crippen LogP contribution is 2.40. The van der Waals surface area contributed by atoms with Gasteiger partial charge in [-0.25, -0.2) is 0 Å². The van der Waals surface area contributed by atoms with Crippen LogP contribution in [0.1, 0.15) is 30.0 Å². The van der Waals surface area contributed by atoms with Crippen LogP contribution in [0.25, 0.3) is 11.3 Å². The summed E-state index contributed by atoms with van der Waals surface area (Å²) in [5, 5.41) is 21.0. The van der Waals surface area contributed by atoms with E-state index in [4.69, 9.17) is 15.3 Å². The number of aliphatic carboxylic acids is 1. The molecule has 0 radical (unpaired) electrons. The largest absolute Gasteiger partial charge is 0.481 e. The van der Waals surface area contributed by atoms with E-state index in [1.165, 1.54) is 0 Å². The molecule has 0 saturated carbocycles. The van der Waals surface area contributed by atoms with E-state index in [0.717, 1.165) is 40.2 Å². The molecule has 0 fully saturated rings. The van der Waals surface area contributed by atoms with Gasteiger partial charge in [-0.2, -0.15) is 10.2 Å². The number of benzene rings is 3. The Bertz CT molecular complexity index is 1270. The van der Waals surface area contributed by atoms with E-state index in [1.54, 1.807) is 4.68 Å². The van der Waals surface area contributed by atoms with Gasteiger partial charge in [-0.1, -0.05) is 78.9 Å². The minimum atomic E-state index is -0.838. The lowest BCUT2D eigenvalue weighted by molar-refractivity contribution is -0.137. The van der Waals surface area contributed by atoms with Crippen molar-refractivity contribution in [2.24, 2.45) is 5.10 Å². The Morgan fingerprint density at radius 2 is 1.48 bits per heavy atom. The number of carboxylic acid groups (broad SMARTS) is 1. The fourth-order valence-electron chi connectivity index (χ4n) is 4.20. The molecule has 1 aliphatic heterocycles. The van der Waals surface area contributed by atoms with E-state index in [0.29, 0.717) is 6.54 Å². The molecule has 1 aromatic heterocycles. The molecule has 1 atom stereocenters. The third-order valence-electron chi connectivity index (χ3n) is 5.79. The van der Waals surface area contributed by atoms with Crippen LogP contribution in [0.15, 0.2) is 102 Å². The van der Waals surface area contributed by atoms with Gasteiger partial charge in [0.1, 0.15) is 0 Å². The molecule has 5 rings (SSSR count). The number of hydrogen-bond donors (Lipinski definition) is 1. The first-order valence-corrected chi connectivity index (χ1v) is 11.0. The molecule has 0 amide bonds. The summed E-state index contributed by atoms with van der Waals surface area (Å²) >= 11 is 0. The van der Waals surface area contributed by atoms with E-state index in [-0.39, 0.29) is 12.5 Å². The van der Waals surface area contributed by atoms with Crippen LogP contribution in [0.4, 0.5) is 5.69 Å². The molecule has 0 bridgehead atoms. The molecular formula is C27H24N4O2. The number of hydrogen-bond acceptors (Lipinski definition) is 4. The van der Waals surface area contributed by atoms with Gasteiger partial charge in [0.15, 0.2) is 0 Å². The second-order valence-electron chi connectivity index (χ2n) is 8.02. The summed E-state index contributed by atoms with van der Waals surface area (Å²) in [6.45, 7) is 0.319. The van der Waals surface area contributed by atoms with Crippen molar-refractivity contribution < 1.29 is 9.90 Å². The number of rotatable bonds is 7. The summed E-state index contributed by atoms with van der Waals surface area (Å²) in [5.41, 5.74) is 6.01. The summed E-state index contributed by atoms with van der Waals surface area (Å²) in [4.78, 5) is 11.2. The number of carbonyl (C=O) groups is 1. The number of nitrogens with zero attached hydrogens (tertiary/aromatic N) is 4. The van der Waals surface area contributed by atoms with Gasteiger partial charge in [0, 0.05) is 23.7 Å². The average Bonchev–Trinajstić information content (AvgIpc) is 3.49. The summed E-state index contributed by atoms with van der Waals surface area (Å²) in [6.07, 6.45) is 2.73. The fraction of sp³-hybridized carbons (Fsp3) is 0.148. The normalized spacial score (nSPS) is 15.5. The topological polar surface area (TPSA) is 70.7 Å². The van der Waals surface area contributed by atoms with Gasteiger partial charge in [0.05, 0.1) is 36.1 Å². The smallest absolute Gasteiger partial charge is 0.305 e. The summed E-state index contributed by atoms with van der Waals surface area (Å²) in [6, 6.07) is 30.3. The quantitative estimate of drug-likeness (QED) is 0.422. The van der Waals surface area contributed by atoms with Crippen LogP contribution in [0.5, 0.6) is 0 Å². The van der Waals surface area contributed by atoms with E-state index in [9.17, 15) is 4.79 Å². The Morgan fingerprint density at radius 1 is 0.879 bits per heavy atom. The van der Waals surface area contributed by atoms with Crippen LogP contribution >= 0.6 is 0 Å². The highest BCUT2D eigenvalue weighted by molar-refractivity contribution is 6.03. The molecule has 33 heavy (non-hydrogen) atoms. The van der Waals surface area contributed by atoms with Crippen molar-refractivity contribution in [2.45, 2.75) is 25.4 Å².